The standard InChI is InChI=1S/C28H37Cl2N3O4S/c1-4-20-11-9-10-14-26(20)33(38(3,36)37)19-27(34)32(18-21-15-16-22(29)17-24(21)30)25(5-2)28(35)31-23-12-7-6-8-13-23/h9-11,14-17,23,25H,4-8,12-13,18-19H2,1-3H3,(H,31,35)/t25-/m1/s1. The smallest absolute Gasteiger partial charge is 0.244 e. The van der Waals surface area contributed by atoms with Gasteiger partial charge in [0.15, 0.2) is 0 Å². The first-order valence-electron chi connectivity index (χ1n) is 13.1. The number of sulfonamides is 1. The number of anilines is 1. The van der Waals surface area contributed by atoms with E-state index in [-0.39, 0.29) is 18.5 Å². The van der Waals surface area contributed by atoms with E-state index in [4.69, 9.17) is 23.2 Å². The number of aryl methyl sites for hydroxylation is 1. The van der Waals surface area contributed by atoms with E-state index in [1.54, 1.807) is 30.3 Å². The van der Waals surface area contributed by atoms with Crippen molar-refractivity contribution in [3.63, 3.8) is 0 Å². The van der Waals surface area contributed by atoms with E-state index < -0.39 is 28.5 Å². The van der Waals surface area contributed by atoms with Crippen LogP contribution in [-0.4, -0.2) is 50.0 Å². The summed E-state index contributed by atoms with van der Waals surface area (Å²) in [6.07, 6.45) is 7.14. The fraction of sp³-hybridized carbons (Fsp3) is 0.500. The zero-order valence-corrected chi connectivity index (χ0v) is 24.6. The molecule has 0 aromatic heterocycles. The number of hydrogen-bond acceptors (Lipinski definition) is 4. The molecule has 3 rings (SSSR count). The zero-order chi connectivity index (χ0) is 27.9. The molecule has 1 N–H and O–H groups in total. The third-order valence-corrected chi connectivity index (χ3v) is 8.73. The molecule has 0 spiro atoms. The summed E-state index contributed by atoms with van der Waals surface area (Å²) < 4.78 is 26.9. The maximum Gasteiger partial charge on any atom is 0.244 e. The molecule has 0 bridgehead atoms. The molecule has 0 unspecified atom stereocenters. The topological polar surface area (TPSA) is 86.8 Å². The maximum atomic E-state index is 13.9. The first-order chi connectivity index (χ1) is 18.0. The first-order valence-corrected chi connectivity index (χ1v) is 15.7. The minimum absolute atomic E-state index is 0.0401. The van der Waals surface area contributed by atoms with Crippen molar-refractivity contribution in [3.8, 4) is 0 Å². The van der Waals surface area contributed by atoms with Crippen LogP contribution in [0, 0.1) is 0 Å². The Kier molecular flexibility index (Phi) is 10.9. The molecule has 0 heterocycles. The van der Waals surface area contributed by atoms with Gasteiger partial charge in [-0.3, -0.25) is 13.9 Å². The predicted octanol–water partition coefficient (Wildman–Crippen LogP) is 5.58. The van der Waals surface area contributed by atoms with E-state index in [1.807, 2.05) is 26.0 Å². The summed E-state index contributed by atoms with van der Waals surface area (Å²) >= 11 is 12.5. The molecule has 10 heteroatoms. The number of nitrogens with one attached hydrogen (secondary N) is 1. The third kappa shape index (κ3) is 7.87. The second-order valence-corrected chi connectivity index (χ2v) is 12.5. The van der Waals surface area contributed by atoms with E-state index >= 15 is 0 Å². The van der Waals surface area contributed by atoms with Gasteiger partial charge in [-0.15, -0.1) is 0 Å². The number of para-hydroxylation sites is 1. The van der Waals surface area contributed by atoms with E-state index in [2.05, 4.69) is 5.32 Å². The van der Waals surface area contributed by atoms with Crippen molar-refractivity contribution in [2.75, 3.05) is 17.1 Å². The number of benzene rings is 2. The highest BCUT2D eigenvalue weighted by Gasteiger charge is 2.33. The average Bonchev–Trinajstić information content (AvgIpc) is 2.88. The highest BCUT2D eigenvalue weighted by Crippen LogP contribution is 2.27. The van der Waals surface area contributed by atoms with Gasteiger partial charge >= 0.3 is 0 Å². The second kappa shape index (κ2) is 13.7. The van der Waals surface area contributed by atoms with Crippen LogP contribution >= 0.6 is 23.2 Å². The Morgan fingerprint density at radius 1 is 1.03 bits per heavy atom. The quantitative estimate of drug-likeness (QED) is 0.375. The Bertz CT molecular complexity index is 1230. The lowest BCUT2D eigenvalue weighted by Crippen LogP contribution is -2.54. The second-order valence-electron chi connectivity index (χ2n) is 9.78. The van der Waals surface area contributed by atoms with Gasteiger partial charge in [-0.2, -0.15) is 0 Å². The van der Waals surface area contributed by atoms with Crippen molar-refractivity contribution >= 4 is 50.7 Å². The summed E-state index contributed by atoms with van der Waals surface area (Å²) in [6, 6.07) is 11.4. The molecule has 1 aliphatic rings. The molecule has 2 amide bonds. The molecular formula is C28H37Cl2N3O4S. The van der Waals surface area contributed by atoms with Crippen LogP contribution in [0.1, 0.15) is 63.5 Å². The molecular weight excluding hydrogens is 545 g/mol. The van der Waals surface area contributed by atoms with Gasteiger partial charge in [0.25, 0.3) is 0 Å². The van der Waals surface area contributed by atoms with Crippen LogP contribution in [0.2, 0.25) is 10.0 Å². The van der Waals surface area contributed by atoms with Crippen molar-refractivity contribution in [2.24, 2.45) is 0 Å². The molecule has 1 saturated carbocycles. The number of carbonyl (C=O) groups is 2. The van der Waals surface area contributed by atoms with Crippen LogP contribution in [0.15, 0.2) is 42.5 Å². The maximum absolute atomic E-state index is 13.9. The van der Waals surface area contributed by atoms with Gasteiger partial charge in [0.05, 0.1) is 11.9 Å². The Morgan fingerprint density at radius 3 is 2.32 bits per heavy atom. The van der Waals surface area contributed by atoms with Crippen molar-refractivity contribution < 1.29 is 18.0 Å². The number of hydrogen-bond donors (Lipinski definition) is 1. The summed E-state index contributed by atoms with van der Waals surface area (Å²) in [7, 11) is -3.80. The molecule has 1 aliphatic carbocycles. The first kappa shape index (κ1) is 30.3. The van der Waals surface area contributed by atoms with Crippen LogP contribution in [0.4, 0.5) is 5.69 Å². The zero-order valence-electron chi connectivity index (χ0n) is 22.3. The summed E-state index contributed by atoms with van der Waals surface area (Å²) in [5.41, 5.74) is 1.88. The van der Waals surface area contributed by atoms with Gasteiger partial charge in [-0.25, -0.2) is 8.42 Å². The number of rotatable bonds is 11. The van der Waals surface area contributed by atoms with Crippen LogP contribution in [0.3, 0.4) is 0 Å². The Hall–Kier alpha value is -2.29. The molecule has 0 radical (unpaired) electrons. The minimum atomic E-state index is -3.80. The van der Waals surface area contributed by atoms with Gasteiger partial charge in [0, 0.05) is 22.6 Å². The van der Waals surface area contributed by atoms with Gasteiger partial charge in [-0.1, -0.05) is 80.6 Å². The monoisotopic (exact) mass is 581 g/mol. The minimum Gasteiger partial charge on any atom is -0.352 e. The van der Waals surface area contributed by atoms with Crippen molar-refractivity contribution in [1.29, 1.82) is 0 Å². The molecule has 0 aliphatic heterocycles. The lowest BCUT2D eigenvalue weighted by Gasteiger charge is -2.34. The number of halogens is 2. The predicted molar refractivity (Wildman–Crippen MR) is 154 cm³/mol. The average molecular weight is 583 g/mol. The van der Waals surface area contributed by atoms with Gasteiger partial charge in [-0.05, 0) is 55.0 Å². The fourth-order valence-electron chi connectivity index (χ4n) is 4.95. The van der Waals surface area contributed by atoms with Crippen molar-refractivity contribution in [2.45, 2.75) is 77.4 Å². The van der Waals surface area contributed by atoms with Crippen molar-refractivity contribution in [3.05, 3.63) is 63.6 Å². The molecule has 2 aromatic rings. The lowest BCUT2D eigenvalue weighted by atomic mass is 9.95. The lowest BCUT2D eigenvalue weighted by molar-refractivity contribution is -0.140. The van der Waals surface area contributed by atoms with E-state index in [0.717, 1.165) is 48.2 Å². The highest BCUT2D eigenvalue weighted by atomic mass is 35.5. The van der Waals surface area contributed by atoms with Crippen LogP contribution in [-0.2, 0) is 32.6 Å². The van der Waals surface area contributed by atoms with E-state index in [1.165, 1.54) is 4.90 Å². The summed E-state index contributed by atoms with van der Waals surface area (Å²) in [5, 5.41) is 3.96. The van der Waals surface area contributed by atoms with Crippen molar-refractivity contribution in [1.82, 2.24) is 10.2 Å². The molecule has 1 atom stereocenters. The van der Waals surface area contributed by atoms with Crippen LogP contribution < -0.4 is 9.62 Å². The van der Waals surface area contributed by atoms with Crippen LogP contribution in [0.5, 0.6) is 0 Å². The summed E-state index contributed by atoms with van der Waals surface area (Å²) in [5.74, 6) is -0.726. The Morgan fingerprint density at radius 2 is 1.71 bits per heavy atom. The molecule has 0 saturated heterocycles. The molecule has 208 valence electrons. The Balaban J connectivity index is 1.96. The van der Waals surface area contributed by atoms with Crippen LogP contribution in [0.25, 0.3) is 0 Å². The third-order valence-electron chi connectivity index (χ3n) is 7.01. The molecule has 38 heavy (non-hydrogen) atoms. The Labute approximate surface area is 236 Å². The molecule has 2 aromatic carbocycles. The molecule has 7 nitrogen and oxygen atoms in total. The number of nitrogens with zero attached hydrogens (tertiary/aromatic N) is 2. The van der Waals surface area contributed by atoms with E-state index in [0.29, 0.717) is 34.1 Å². The van der Waals surface area contributed by atoms with Gasteiger partial charge < -0.3 is 10.2 Å². The van der Waals surface area contributed by atoms with Gasteiger partial charge in [0.1, 0.15) is 12.6 Å². The number of carbonyl (C=O) groups excluding carboxylic acids is 2. The SMILES string of the molecule is CCc1ccccc1N(CC(=O)N(Cc1ccc(Cl)cc1Cl)[C@H](CC)C(=O)NC1CCCCC1)S(C)(=O)=O. The highest BCUT2D eigenvalue weighted by molar-refractivity contribution is 7.92. The van der Waals surface area contributed by atoms with Gasteiger partial charge in [0.2, 0.25) is 21.8 Å². The summed E-state index contributed by atoms with van der Waals surface area (Å²) in [4.78, 5) is 28.8. The largest absolute Gasteiger partial charge is 0.352 e. The van der Waals surface area contributed by atoms with E-state index in [9.17, 15) is 18.0 Å². The number of amides is 2. The fourth-order valence-corrected chi connectivity index (χ4v) is 6.29. The normalized spacial score (nSPS) is 15.1. The summed E-state index contributed by atoms with van der Waals surface area (Å²) in [6.45, 7) is 3.38. The molecule has 1 fully saturated rings.